The van der Waals surface area contributed by atoms with E-state index in [9.17, 15) is 25.2 Å². The van der Waals surface area contributed by atoms with Gasteiger partial charge in [0, 0.05) is 11.8 Å². The second-order valence-electron chi connectivity index (χ2n) is 17.8. The molecule has 4 saturated carbocycles. The molecule has 1 saturated heterocycles. The van der Waals surface area contributed by atoms with Crippen molar-refractivity contribution in [2.45, 2.75) is 150 Å². The number of ether oxygens (including phenoxy) is 1. The van der Waals surface area contributed by atoms with Crippen LogP contribution >= 0.6 is 0 Å². The van der Waals surface area contributed by atoms with Crippen molar-refractivity contribution in [3.05, 3.63) is 11.6 Å². The standard InChI is InChI=1S/C36H58O6/c1-31(2)14-16-36(19-23-28(39)30(41)29(40)24(20-37)42-23)17-15-34(6)21(22(36)18-31)8-9-26-33(5)12-11-27(38)32(3,4)25(33)10-13-35(26,34)7/h8,22-26,28-30,37,39-41H,9-20H2,1-7H3/t22?,23-,24?,25?,26?,28?,29-,30+,33-,34+,35+,36+/m0/s1. The molecule has 0 radical (unpaired) electrons. The molecule has 5 unspecified atom stereocenters. The van der Waals surface area contributed by atoms with Crippen molar-refractivity contribution in [1.29, 1.82) is 0 Å². The maximum absolute atomic E-state index is 13.1. The van der Waals surface area contributed by atoms with E-state index < -0.39 is 30.5 Å². The zero-order chi connectivity index (χ0) is 30.7. The van der Waals surface area contributed by atoms with Crippen LogP contribution in [0.15, 0.2) is 11.6 Å². The first-order chi connectivity index (χ1) is 19.5. The maximum atomic E-state index is 13.1. The molecule has 12 atom stereocenters. The van der Waals surface area contributed by atoms with E-state index in [0.29, 0.717) is 36.4 Å². The van der Waals surface area contributed by atoms with Crippen LogP contribution in [0.1, 0.15) is 119 Å². The van der Waals surface area contributed by atoms with Gasteiger partial charge in [0.2, 0.25) is 0 Å². The SMILES string of the molecule is CC1(C)CC[C@]2(C[C@@H]3OC(CO)[C@H](O)[C@H](O)C3O)CC[C@]3(C)C(=CCC4[C@@]5(C)CCC(=O)C(C)(C)C5CC[C@]43C)C2C1. The Balaban J connectivity index is 1.37. The van der Waals surface area contributed by atoms with Crippen LogP contribution in [-0.2, 0) is 9.53 Å². The topological polar surface area (TPSA) is 107 Å². The van der Waals surface area contributed by atoms with Crippen LogP contribution in [0.4, 0.5) is 0 Å². The lowest BCUT2D eigenvalue weighted by Gasteiger charge is -2.71. The summed E-state index contributed by atoms with van der Waals surface area (Å²) in [4.78, 5) is 13.1. The first-order valence-corrected chi connectivity index (χ1v) is 17.0. The lowest BCUT2D eigenvalue weighted by Crippen LogP contribution is -2.64. The third-order valence-electron chi connectivity index (χ3n) is 15.2. The molecule has 1 aliphatic heterocycles. The van der Waals surface area contributed by atoms with Crippen LogP contribution in [0.2, 0.25) is 0 Å². The number of hydrogen-bond acceptors (Lipinski definition) is 6. The number of Topliss-reactive ketones (excluding diaryl/α,β-unsaturated/α-hetero) is 1. The molecule has 6 nitrogen and oxygen atoms in total. The van der Waals surface area contributed by atoms with Crippen molar-refractivity contribution < 1.29 is 30.0 Å². The minimum absolute atomic E-state index is 0.0436. The van der Waals surface area contributed by atoms with Gasteiger partial charge >= 0.3 is 0 Å². The van der Waals surface area contributed by atoms with Gasteiger partial charge in [0.25, 0.3) is 0 Å². The van der Waals surface area contributed by atoms with Crippen LogP contribution in [0.3, 0.4) is 0 Å². The number of ketones is 1. The van der Waals surface area contributed by atoms with E-state index in [0.717, 1.165) is 57.8 Å². The monoisotopic (exact) mass is 586 g/mol. The Morgan fingerprint density at radius 2 is 1.50 bits per heavy atom. The molecule has 5 fully saturated rings. The molecule has 4 N–H and O–H groups in total. The van der Waals surface area contributed by atoms with Crippen LogP contribution in [0, 0.1) is 50.2 Å². The molecule has 0 aromatic carbocycles. The number of allylic oxidation sites excluding steroid dienone is 2. The van der Waals surface area contributed by atoms with E-state index in [-0.39, 0.29) is 39.1 Å². The van der Waals surface area contributed by atoms with Crippen molar-refractivity contribution in [2.24, 2.45) is 50.2 Å². The summed E-state index contributed by atoms with van der Waals surface area (Å²) in [7, 11) is 0. The Morgan fingerprint density at radius 3 is 2.19 bits per heavy atom. The zero-order valence-electron chi connectivity index (χ0n) is 27.3. The Labute approximate surface area is 253 Å². The number of rotatable bonds is 3. The summed E-state index contributed by atoms with van der Waals surface area (Å²) in [6, 6.07) is 0. The van der Waals surface area contributed by atoms with Crippen molar-refractivity contribution in [2.75, 3.05) is 6.61 Å². The smallest absolute Gasteiger partial charge is 0.138 e. The van der Waals surface area contributed by atoms with Gasteiger partial charge in [0.15, 0.2) is 0 Å². The van der Waals surface area contributed by atoms with Gasteiger partial charge in [-0.1, -0.05) is 60.1 Å². The Morgan fingerprint density at radius 1 is 0.833 bits per heavy atom. The molecule has 6 heteroatoms. The highest BCUT2D eigenvalue weighted by Gasteiger charge is 2.68. The minimum atomic E-state index is -1.32. The molecule has 0 aromatic heterocycles. The number of fused-ring (bicyclic) bond motifs is 7. The lowest BCUT2D eigenvalue weighted by atomic mass is 9.33. The van der Waals surface area contributed by atoms with Gasteiger partial charge in [-0.25, -0.2) is 0 Å². The van der Waals surface area contributed by atoms with Crippen molar-refractivity contribution >= 4 is 5.78 Å². The summed E-state index contributed by atoms with van der Waals surface area (Å²) in [6.45, 7) is 16.5. The number of aliphatic hydroxyl groups is 4. The fourth-order valence-corrected chi connectivity index (χ4v) is 12.3. The van der Waals surface area contributed by atoms with Crippen LogP contribution in [0.5, 0.6) is 0 Å². The van der Waals surface area contributed by atoms with Gasteiger partial charge in [-0.05, 0) is 109 Å². The van der Waals surface area contributed by atoms with Gasteiger partial charge in [0.05, 0.1) is 12.7 Å². The van der Waals surface area contributed by atoms with E-state index in [1.165, 1.54) is 0 Å². The van der Waals surface area contributed by atoms with Crippen LogP contribution < -0.4 is 0 Å². The van der Waals surface area contributed by atoms with E-state index >= 15 is 0 Å². The van der Waals surface area contributed by atoms with Gasteiger partial charge < -0.3 is 25.2 Å². The second kappa shape index (κ2) is 9.85. The van der Waals surface area contributed by atoms with E-state index in [2.05, 4.69) is 54.5 Å². The summed E-state index contributed by atoms with van der Waals surface area (Å²) >= 11 is 0. The largest absolute Gasteiger partial charge is 0.394 e. The van der Waals surface area contributed by atoms with Crippen LogP contribution in [-0.4, -0.2) is 63.3 Å². The Bertz CT molecular complexity index is 1130. The highest BCUT2D eigenvalue weighted by atomic mass is 16.5. The molecule has 0 amide bonds. The van der Waals surface area contributed by atoms with E-state index in [4.69, 9.17) is 4.74 Å². The number of carbonyl (C=O) groups is 1. The molecular formula is C36H58O6. The fourth-order valence-electron chi connectivity index (χ4n) is 12.3. The molecule has 1 heterocycles. The quantitative estimate of drug-likeness (QED) is 0.321. The predicted octanol–water partition coefficient (Wildman–Crippen LogP) is 5.59. The maximum Gasteiger partial charge on any atom is 0.138 e. The second-order valence-corrected chi connectivity index (χ2v) is 17.8. The highest BCUT2D eigenvalue weighted by Crippen LogP contribution is 2.76. The molecule has 0 spiro atoms. The molecule has 5 aliphatic carbocycles. The van der Waals surface area contributed by atoms with Gasteiger partial charge in [0.1, 0.15) is 30.2 Å². The zero-order valence-corrected chi connectivity index (χ0v) is 27.3. The average molecular weight is 587 g/mol. The minimum Gasteiger partial charge on any atom is -0.394 e. The summed E-state index contributed by atoms with van der Waals surface area (Å²) in [5, 5.41) is 42.0. The first kappa shape index (κ1) is 31.2. The molecule has 0 aromatic rings. The average Bonchev–Trinajstić information content (AvgIpc) is 2.92. The fraction of sp³-hybridized carbons (Fsp3) is 0.917. The number of carbonyl (C=O) groups excluding carboxylic acids is 1. The van der Waals surface area contributed by atoms with Crippen molar-refractivity contribution in [1.82, 2.24) is 0 Å². The first-order valence-electron chi connectivity index (χ1n) is 17.0. The van der Waals surface area contributed by atoms with E-state index in [1.54, 1.807) is 5.57 Å². The molecular weight excluding hydrogens is 528 g/mol. The molecule has 0 bridgehead atoms. The number of hydrogen-bond donors (Lipinski definition) is 4. The predicted molar refractivity (Wildman–Crippen MR) is 162 cm³/mol. The summed E-state index contributed by atoms with van der Waals surface area (Å²) in [6.07, 6.45) is 8.52. The van der Waals surface area contributed by atoms with Gasteiger partial charge in [-0.3, -0.25) is 4.79 Å². The Hall–Kier alpha value is -0.790. The summed E-state index contributed by atoms with van der Waals surface area (Å²) in [5.74, 6) is 1.82. The molecule has 6 rings (SSSR count). The van der Waals surface area contributed by atoms with Crippen molar-refractivity contribution in [3.63, 3.8) is 0 Å². The third-order valence-corrected chi connectivity index (χ3v) is 15.2. The van der Waals surface area contributed by atoms with Crippen LogP contribution in [0.25, 0.3) is 0 Å². The Kier molecular flexibility index (Phi) is 7.32. The van der Waals surface area contributed by atoms with Crippen molar-refractivity contribution in [3.8, 4) is 0 Å². The summed E-state index contributed by atoms with van der Waals surface area (Å²) in [5.41, 5.74) is 1.95. The molecule has 238 valence electrons. The lowest BCUT2D eigenvalue weighted by molar-refractivity contribution is -0.241. The third kappa shape index (κ3) is 4.17. The molecule has 42 heavy (non-hydrogen) atoms. The summed E-state index contributed by atoms with van der Waals surface area (Å²) < 4.78 is 6.14. The normalized spacial score (nSPS) is 53.2. The van der Waals surface area contributed by atoms with Gasteiger partial charge in [-0.15, -0.1) is 0 Å². The molecule has 6 aliphatic rings. The number of aliphatic hydroxyl groups excluding tert-OH is 4. The highest BCUT2D eigenvalue weighted by molar-refractivity contribution is 5.85. The van der Waals surface area contributed by atoms with E-state index in [1.807, 2.05) is 0 Å². The van der Waals surface area contributed by atoms with Gasteiger partial charge in [-0.2, -0.15) is 0 Å².